The van der Waals surface area contributed by atoms with Crippen LogP contribution in [0.4, 0.5) is 0 Å². The molecule has 0 unspecified atom stereocenters. The fourth-order valence-corrected chi connectivity index (χ4v) is 8.51. The minimum absolute atomic E-state index is 1.22. The van der Waals surface area contributed by atoms with Crippen LogP contribution < -0.4 is 0 Å². The molecule has 4 aromatic rings. The summed E-state index contributed by atoms with van der Waals surface area (Å²) in [5.74, 6) is 0. The van der Waals surface area contributed by atoms with E-state index in [-0.39, 0.29) is 0 Å². The van der Waals surface area contributed by atoms with Crippen molar-refractivity contribution in [3.63, 3.8) is 0 Å². The highest BCUT2D eigenvalue weighted by atomic mass is 32.1. The Labute approximate surface area is 210 Å². The van der Waals surface area contributed by atoms with Gasteiger partial charge in [0.05, 0.1) is 0 Å². The topological polar surface area (TPSA) is 0 Å². The molecule has 0 spiro atoms. The smallest absolute Gasteiger partial charge is 0.0474 e. The molecule has 0 aliphatic carbocycles. The fourth-order valence-electron chi connectivity index (χ4n) is 4.17. The lowest BCUT2D eigenvalue weighted by Crippen LogP contribution is -1.85. The van der Waals surface area contributed by atoms with Gasteiger partial charge in [0.25, 0.3) is 0 Å². The van der Waals surface area contributed by atoms with Gasteiger partial charge in [-0.3, -0.25) is 0 Å². The Morgan fingerprint density at radius 3 is 1.38 bits per heavy atom. The molecule has 0 radical (unpaired) electrons. The molecule has 0 N–H and O–H groups in total. The lowest BCUT2D eigenvalue weighted by atomic mass is 10.1. The predicted molar refractivity (Wildman–Crippen MR) is 150 cm³/mol. The third-order valence-corrected chi connectivity index (χ3v) is 10.6. The minimum Gasteiger partial charge on any atom is -0.143 e. The van der Waals surface area contributed by atoms with Gasteiger partial charge < -0.3 is 0 Å². The van der Waals surface area contributed by atoms with E-state index < -0.39 is 0 Å². The summed E-state index contributed by atoms with van der Waals surface area (Å²) in [6.07, 6.45) is 13.1. The van der Waals surface area contributed by atoms with Crippen LogP contribution in [-0.4, -0.2) is 0 Å². The average molecular weight is 499 g/mol. The van der Waals surface area contributed by atoms with Crippen LogP contribution in [0.3, 0.4) is 0 Å². The predicted octanol–water partition coefficient (Wildman–Crippen LogP) is 11.2. The van der Waals surface area contributed by atoms with Gasteiger partial charge in [-0.15, -0.1) is 45.3 Å². The molecule has 0 saturated heterocycles. The van der Waals surface area contributed by atoms with Crippen LogP contribution in [-0.2, 0) is 12.8 Å². The summed E-state index contributed by atoms with van der Waals surface area (Å²) in [4.78, 5) is 8.65. The molecule has 0 aromatic carbocycles. The van der Waals surface area contributed by atoms with E-state index >= 15 is 0 Å². The SMILES string of the molecule is CCCCCCc1ccsc1-c1ccc(-c2ccc(-c3sccc3CCCCCC)s2)s1. The summed E-state index contributed by atoms with van der Waals surface area (Å²) >= 11 is 7.73. The van der Waals surface area contributed by atoms with Crippen molar-refractivity contribution in [2.75, 3.05) is 0 Å². The van der Waals surface area contributed by atoms with Crippen LogP contribution >= 0.6 is 45.3 Å². The van der Waals surface area contributed by atoms with E-state index in [1.807, 2.05) is 45.3 Å². The first-order chi connectivity index (χ1) is 15.8. The molecule has 0 bridgehead atoms. The van der Waals surface area contributed by atoms with Gasteiger partial charge in [0.15, 0.2) is 0 Å². The third kappa shape index (κ3) is 6.02. The second-order valence-electron chi connectivity index (χ2n) is 8.50. The molecule has 170 valence electrons. The molecule has 0 amide bonds. The summed E-state index contributed by atoms with van der Waals surface area (Å²) in [6.45, 7) is 4.57. The maximum atomic E-state index is 2.34. The van der Waals surface area contributed by atoms with Crippen LogP contribution in [0.15, 0.2) is 47.2 Å². The first-order valence-electron chi connectivity index (χ1n) is 12.1. The molecule has 0 nitrogen and oxygen atoms in total. The van der Waals surface area contributed by atoms with Crippen LogP contribution in [0.1, 0.15) is 76.3 Å². The molecule has 0 fully saturated rings. The molecular weight excluding hydrogens is 465 g/mol. The summed E-state index contributed by atoms with van der Waals surface area (Å²) in [5.41, 5.74) is 3.08. The van der Waals surface area contributed by atoms with Gasteiger partial charge in [0, 0.05) is 29.3 Å². The zero-order chi connectivity index (χ0) is 22.2. The molecule has 32 heavy (non-hydrogen) atoms. The van der Waals surface area contributed by atoms with Crippen molar-refractivity contribution < 1.29 is 0 Å². The van der Waals surface area contributed by atoms with Crippen molar-refractivity contribution in [1.29, 1.82) is 0 Å². The van der Waals surface area contributed by atoms with Crippen molar-refractivity contribution in [3.8, 4) is 29.3 Å². The van der Waals surface area contributed by atoms with Crippen molar-refractivity contribution in [3.05, 3.63) is 58.3 Å². The molecular formula is C28H34S4. The van der Waals surface area contributed by atoms with Gasteiger partial charge >= 0.3 is 0 Å². The Hall–Kier alpha value is -1.20. The number of thiophene rings is 4. The van der Waals surface area contributed by atoms with Crippen molar-refractivity contribution in [1.82, 2.24) is 0 Å². The first-order valence-corrected chi connectivity index (χ1v) is 15.5. The van der Waals surface area contributed by atoms with E-state index in [9.17, 15) is 0 Å². The largest absolute Gasteiger partial charge is 0.143 e. The molecule has 4 rings (SSSR count). The maximum Gasteiger partial charge on any atom is 0.0474 e. The van der Waals surface area contributed by atoms with Gasteiger partial charge in [-0.2, -0.15) is 0 Å². The van der Waals surface area contributed by atoms with Crippen LogP contribution in [0.25, 0.3) is 29.3 Å². The Kier molecular flexibility index (Phi) is 9.21. The van der Waals surface area contributed by atoms with Crippen LogP contribution in [0.2, 0.25) is 0 Å². The summed E-state index contributed by atoms with van der Waals surface area (Å²) in [5, 5.41) is 4.54. The van der Waals surface area contributed by atoms with E-state index in [0.29, 0.717) is 0 Å². The van der Waals surface area contributed by atoms with Crippen LogP contribution in [0, 0.1) is 0 Å². The summed E-state index contributed by atoms with van der Waals surface area (Å²) in [7, 11) is 0. The quantitative estimate of drug-likeness (QED) is 0.161. The zero-order valence-corrected chi connectivity index (χ0v) is 22.6. The Bertz CT molecular complexity index is 988. The highest BCUT2D eigenvalue weighted by Crippen LogP contribution is 2.44. The van der Waals surface area contributed by atoms with Crippen molar-refractivity contribution in [2.45, 2.75) is 78.1 Å². The lowest BCUT2D eigenvalue weighted by Gasteiger charge is -2.02. The van der Waals surface area contributed by atoms with E-state index in [0.717, 1.165) is 0 Å². The van der Waals surface area contributed by atoms with Gasteiger partial charge in [0.1, 0.15) is 0 Å². The molecule has 4 heteroatoms. The van der Waals surface area contributed by atoms with Crippen LogP contribution in [0.5, 0.6) is 0 Å². The summed E-state index contributed by atoms with van der Waals surface area (Å²) < 4.78 is 0. The first kappa shape index (κ1) is 23.9. The monoisotopic (exact) mass is 498 g/mol. The zero-order valence-electron chi connectivity index (χ0n) is 19.3. The molecule has 4 heterocycles. The van der Waals surface area contributed by atoms with E-state index in [2.05, 4.69) is 61.0 Å². The number of unbranched alkanes of at least 4 members (excludes halogenated alkanes) is 6. The van der Waals surface area contributed by atoms with Gasteiger partial charge in [0.2, 0.25) is 0 Å². The standard InChI is InChI=1S/C28H34S4/c1-3-5-7-9-11-21-17-19-29-27(21)25-15-13-23(31-25)24-14-16-26(32-24)28-22(18-20-30-28)12-10-8-6-4-2/h13-20H,3-12H2,1-2H3. The minimum atomic E-state index is 1.22. The third-order valence-electron chi connectivity index (χ3n) is 6.00. The van der Waals surface area contributed by atoms with Gasteiger partial charge in [-0.1, -0.05) is 52.4 Å². The Balaban J connectivity index is 1.45. The number of aryl methyl sites for hydroxylation is 2. The lowest BCUT2D eigenvalue weighted by molar-refractivity contribution is 0.668. The number of hydrogen-bond donors (Lipinski definition) is 0. The average Bonchev–Trinajstić information content (AvgIpc) is 3.60. The highest BCUT2D eigenvalue weighted by molar-refractivity contribution is 7.28. The maximum absolute atomic E-state index is 2.34. The molecule has 0 atom stereocenters. The van der Waals surface area contributed by atoms with Crippen molar-refractivity contribution >= 4 is 45.3 Å². The second-order valence-corrected chi connectivity index (χ2v) is 12.5. The Morgan fingerprint density at radius 2 is 0.938 bits per heavy atom. The van der Waals surface area contributed by atoms with E-state index in [4.69, 9.17) is 0 Å². The molecule has 0 saturated carbocycles. The second kappa shape index (κ2) is 12.3. The number of rotatable bonds is 13. The van der Waals surface area contributed by atoms with E-state index in [1.54, 1.807) is 0 Å². The van der Waals surface area contributed by atoms with E-state index in [1.165, 1.54) is 105 Å². The van der Waals surface area contributed by atoms with Gasteiger partial charge in [-0.25, -0.2) is 0 Å². The van der Waals surface area contributed by atoms with Crippen molar-refractivity contribution in [2.24, 2.45) is 0 Å². The Morgan fingerprint density at radius 1 is 0.500 bits per heavy atom. The molecule has 0 aliphatic rings. The molecule has 4 aromatic heterocycles. The molecule has 0 aliphatic heterocycles. The summed E-state index contributed by atoms with van der Waals surface area (Å²) in [6, 6.07) is 14.0. The van der Waals surface area contributed by atoms with Gasteiger partial charge in [-0.05, 0) is 84.0 Å². The normalized spacial score (nSPS) is 11.4. The highest BCUT2D eigenvalue weighted by Gasteiger charge is 2.14. The fraction of sp³-hybridized carbons (Fsp3) is 0.429. The number of hydrogen-bond acceptors (Lipinski definition) is 4.